The average Bonchev–Trinajstić information content (AvgIpc) is 2.74. The van der Waals surface area contributed by atoms with E-state index in [9.17, 15) is 5.11 Å². The van der Waals surface area contributed by atoms with Crippen LogP contribution < -0.4 is 5.32 Å². The smallest absolute Gasteiger partial charge is 0.0596 e. The molecule has 0 aromatic heterocycles. The van der Waals surface area contributed by atoms with Crippen molar-refractivity contribution >= 4 is 0 Å². The number of allylic oxidation sites excluding steroid dienone is 2. The summed E-state index contributed by atoms with van der Waals surface area (Å²) in [4.78, 5) is 0. The van der Waals surface area contributed by atoms with Crippen LogP contribution in [0.5, 0.6) is 0 Å². The molecule has 0 aromatic carbocycles. The average molecular weight is 275 g/mol. The van der Waals surface area contributed by atoms with Crippen molar-refractivity contribution < 1.29 is 5.11 Å². The van der Waals surface area contributed by atoms with Gasteiger partial charge in [0.2, 0.25) is 0 Å². The molecule has 4 aliphatic rings. The second kappa shape index (κ2) is 4.25. The SMILES string of the molecule is C[C@]12CC[C@H]3[C@@H](CC=C4NCCC[C@@]43C)[C@@H]1CC[C@@H]2O. The zero-order valence-corrected chi connectivity index (χ0v) is 13.0. The Kier molecular flexibility index (Phi) is 2.80. The van der Waals surface area contributed by atoms with Gasteiger partial charge in [0.1, 0.15) is 0 Å². The second-order valence-corrected chi connectivity index (χ2v) is 8.32. The molecule has 20 heavy (non-hydrogen) atoms. The van der Waals surface area contributed by atoms with E-state index < -0.39 is 0 Å². The Balaban J connectivity index is 1.69. The van der Waals surface area contributed by atoms with Gasteiger partial charge >= 0.3 is 0 Å². The molecule has 2 saturated carbocycles. The summed E-state index contributed by atoms with van der Waals surface area (Å²) in [6, 6.07) is 0. The normalized spacial score (nSPS) is 54.2. The molecule has 3 fully saturated rings. The van der Waals surface area contributed by atoms with Crippen LogP contribution in [0, 0.1) is 28.6 Å². The molecule has 6 atom stereocenters. The van der Waals surface area contributed by atoms with Crippen LogP contribution >= 0.6 is 0 Å². The molecule has 0 spiro atoms. The van der Waals surface area contributed by atoms with E-state index in [1.807, 2.05) is 0 Å². The summed E-state index contributed by atoms with van der Waals surface area (Å²) in [5.41, 5.74) is 2.16. The van der Waals surface area contributed by atoms with Crippen molar-refractivity contribution in [3.8, 4) is 0 Å². The van der Waals surface area contributed by atoms with Crippen molar-refractivity contribution in [2.24, 2.45) is 28.6 Å². The van der Waals surface area contributed by atoms with Gasteiger partial charge in [-0.05, 0) is 68.1 Å². The van der Waals surface area contributed by atoms with E-state index in [4.69, 9.17) is 0 Å². The lowest BCUT2D eigenvalue weighted by Gasteiger charge is -2.57. The highest BCUT2D eigenvalue weighted by Crippen LogP contribution is 2.63. The Morgan fingerprint density at radius 2 is 2.00 bits per heavy atom. The van der Waals surface area contributed by atoms with E-state index in [2.05, 4.69) is 25.2 Å². The molecular weight excluding hydrogens is 246 g/mol. The van der Waals surface area contributed by atoms with Gasteiger partial charge < -0.3 is 10.4 Å². The molecule has 2 nitrogen and oxygen atoms in total. The third kappa shape index (κ3) is 1.55. The van der Waals surface area contributed by atoms with Crippen LogP contribution in [0.1, 0.15) is 58.8 Å². The van der Waals surface area contributed by atoms with Gasteiger partial charge in [-0.15, -0.1) is 0 Å². The van der Waals surface area contributed by atoms with Crippen LogP contribution in [0.25, 0.3) is 0 Å². The van der Waals surface area contributed by atoms with Crippen LogP contribution in [-0.2, 0) is 0 Å². The predicted molar refractivity (Wildman–Crippen MR) is 81.1 cm³/mol. The lowest BCUT2D eigenvalue weighted by atomic mass is 9.50. The van der Waals surface area contributed by atoms with E-state index in [1.165, 1.54) is 45.1 Å². The lowest BCUT2D eigenvalue weighted by Crippen LogP contribution is -2.52. The van der Waals surface area contributed by atoms with E-state index in [-0.39, 0.29) is 11.5 Å². The highest BCUT2D eigenvalue weighted by atomic mass is 16.3. The Labute approximate surface area is 123 Å². The van der Waals surface area contributed by atoms with Crippen molar-refractivity contribution in [3.63, 3.8) is 0 Å². The molecule has 3 aliphatic carbocycles. The number of nitrogens with one attached hydrogen (secondary N) is 1. The van der Waals surface area contributed by atoms with E-state index in [1.54, 1.807) is 5.70 Å². The maximum absolute atomic E-state index is 10.4. The number of aliphatic hydroxyl groups excluding tert-OH is 1. The standard InChI is InChI=1S/C18H29NO/c1-17-9-3-11-19-15(17)6-4-12-13-5-7-16(20)18(13,2)10-8-14(12)17/h6,12-14,16,19-20H,3-5,7-11H2,1-2H3/t12-,13-,14-,16-,17+,18-/m0/s1. The van der Waals surface area contributed by atoms with Gasteiger partial charge in [0, 0.05) is 17.7 Å². The van der Waals surface area contributed by atoms with Gasteiger partial charge in [0.05, 0.1) is 6.10 Å². The molecule has 1 saturated heterocycles. The third-order valence-corrected chi connectivity index (χ3v) is 7.60. The molecule has 0 bridgehead atoms. The number of aliphatic hydroxyl groups is 1. The van der Waals surface area contributed by atoms with E-state index in [0.717, 1.165) is 24.2 Å². The van der Waals surface area contributed by atoms with Crippen molar-refractivity contribution in [3.05, 3.63) is 11.8 Å². The Hall–Kier alpha value is -0.500. The molecule has 1 aliphatic heterocycles. The summed E-state index contributed by atoms with van der Waals surface area (Å²) in [5.74, 6) is 2.42. The topological polar surface area (TPSA) is 32.3 Å². The minimum atomic E-state index is -0.0453. The number of rotatable bonds is 0. The van der Waals surface area contributed by atoms with Crippen LogP contribution in [0.15, 0.2) is 11.8 Å². The first-order valence-corrected chi connectivity index (χ1v) is 8.68. The van der Waals surface area contributed by atoms with Crippen LogP contribution in [-0.4, -0.2) is 17.8 Å². The largest absolute Gasteiger partial charge is 0.393 e. The maximum atomic E-state index is 10.4. The van der Waals surface area contributed by atoms with Gasteiger partial charge in [-0.3, -0.25) is 0 Å². The quantitative estimate of drug-likeness (QED) is 0.709. The van der Waals surface area contributed by atoms with Crippen LogP contribution in [0.4, 0.5) is 0 Å². The zero-order chi connectivity index (χ0) is 14.0. The maximum Gasteiger partial charge on any atom is 0.0596 e. The molecule has 1 heterocycles. The molecule has 0 radical (unpaired) electrons. The van der Waals surface area contributed by atoms with Crippen molar-refractivity contribution in [1.29, 1.82) is 0 Å². The predicted octanol–water partition coefficient (Wildman–Crippen LogP) is 3.47. The van der Waals surface area contributed by atoms with Gasteiger partial charge in [0.15, 0.2) is 0 Å². The molecule has 2 N–H and O–H groups in total. The summed E-state index contributed by atoms with van der Waals surface area (Å²) in [7, 11) is 0. The van der Waals surface area contributed by atoms with E-state index in [0.29, 0.717) is 5.41 Å². The highest BCUT2D eigenvalue weighted by molar-refractivity contribution is 5.23. The summed E-state index contributed by atoms with van der Waals surface area (Å²) in [6.07, 6.45) is 11.2. The van der Waals surface area contributed by atoms with Gasteiger partial charge in [0.25, 0.3) is 0 Å². The first-order chi connectivity index (χ1) is 9.56. The molecule has 4 rings (SSSR count). The van der Waals surface area contributed by atoms with Crippen LogP contribution in [0.2, 0.25) is 0 Å². The molecule has 0 aromatic rings. The Morgan fingerprint density at radius 3 is 2.85 bits per heavy atom. The lowest BCUT2D eigenvalue weighted by molar-refractivity contribution is -0.0668. The second-order valence-electron chi connectivity index (χ2n) is 8.32. The molecule has 0 unspecified atom stereocenters. The van der Waals surface area contributed by atoms with E-state index >= 15 is 0 Å². The number of hydrogen-bond acceptors (Lipinski definition) is 2. The first-order valence-electron chi connectivity index (χ1n) is 8.68. The molecule has 2 heteroatoms. The van der Waals surface area contributed by atoms with Crippen LogP contribution in [0.3, 0.4) is 0 Å². The van der Waals surface area contributed by atoms with Gasteiger partial charge in [-0.2, -0.15) is 0 Å². The summed E-state index contributed by atoms with van der Waals surface area (Å²) >= 11 is 0. The molecular formula is C18H29NO. The highest BCUT2D eigenvalue weighted by Gasteiger charge is 2.58. The number of piperidine rings is 1. The third-order valence-electron chi connectivity index (χ3n) is 7.60. The van der Waals surface area contributed by atoms with Crippen molar-refractivity contribution in [2.75, 3.05) is 6.54 Å². The number of fused-ring (bicyclic) bond motifs is 5. The summed E-state index contributed by atoms with van der Waals surface area (Å²) in [6.45, 7) is 6.04. The fourth-order valence-corrected chi connectivity index (χ4v) is 6.34. The Morgan fingerprint density at radius 1 is 1.15 bits per heavy atom. The Bertz CT molecular complexity index is 445. The molecule has 0 amide bonds. The fraction of sp³-hybridized carbons (Fsp3) is 0.889. The first kappa shape index (κ1) is 13.2. The zero-order valence-electron chi connectivity index (χ0n) is 13.0. The number of hydrogen-bond donors (Lipinski definition) is 2. The minimum Gasteiger partial charge on any atom is -0.393 e. The monoisotopic (exact) mass is 275 g/mol. The van der Waals surface area contributed by atoms with Crippen molar-refractivity contribution in [1.82, 2.24) is 5.32 Å². The van der Waals surface area contributed by atoms with Crippen molar-refractivity contribution in [2.45, 2.75) is 64.9 Å². The van der Waals surface area contributed by atoms with Gasteiger partial charge in [-0.1, -0.05) is 19.9 Å². The summed E-state index contributed by atoms with van der Waals surface area (Å²) < 4.78 is 0. The van der Waals surface area contributed by atoms with Gasteiger partial charge in [-0.25, -0.2) is 0 Å². The molecule has 112 valence electrons. The minimum absolute atomic E-state index is 0.0453. The fourth-order valence-electron chi connectivity index (χ4n) is 6.34. The summed E-state index contributed by atoms with van der Waals surface area (Å²) in [5, 5.41) is 14.1.